The van der Waals surface area contributed by atoms with Crippen molar-refractivity contribution in [2.75, 3.05) is 12.8 Å². The van der Waals surface area contributed by atoms with E-state index in [1.54, 1.807) is 12.4 Å². The highest BCUT2D eigenvalue weighted by molar-refractivity contribution is 7.88. The first-order valence-electron chi connectivity index (χ1n) is 10.4. The molecule has 1 heterocycles. The number of carbonyl (C=O) groups is 1. The second-order valence-electron chi connectivity index (χ2n) is 7.49. The fourth-order valence-electron chi connectivity index (χ4n) is 2.95. The van der Waals surface area contributed by atoms with Crippen molar-refractivity contribution in [2.24, 2.45) is 0 Å². The van der Waals surface area contributed by atoms with Crippen molar-refractivity contribution < 1.29 is 18.0 Å². The molecule has 31 heavy (non-hydrogen) atoms. The molecule has 0 aliphatic rings. The number of benzene rings is 1. The Morgan fingerprint density at radius 3 is 2.52 bits per heavy atom. The molecule has 1 unspecified atom stereocenters. The van der Waals surface area contributed by atoms with Crippen molar-refractivity contribution in [1.82, 2.24) is 20.1 Å². The number of nitrogens with zero attached hydrogens (tertiary/aromatic N) is 2. The van der Waals surface area contributed by atoms with Gasteiger partial charge in [0.05, 0.1) is 12.9 Å². The minimum absolute atomic E-state index is 0.0224. The van der Waals surface area contributed by atoms with Crippen LogP contribution in [0.25, 0.3) is 0 Å². The van der Waals surface area contributed by atoms with Crippen LogP contribution in [-0.4, -0.2) is 42.7 Å². The van der Waals surface area contributed by atoms with Gasteiger partial charge in [-0.25, -0.2) is 13.2 Å². The summed E-state index contributed by atoms with van der Waals surface area (Å²) in [4.78, 5) is 21.5. The number of aromatic nitrogens is 1. The lowest BCUT2D eigenvalue weighted by atomic mass is 10.1. The Bertz CT molecular complexity index is 879. The molecule has 0 saturated heterocycles. The van der Waals surface area contributed by atoms with Gasteiger partial charge < -0.3 is 10.6 Å². The van der Waals surface area contributed by atoms with Gasteiger partial charge in [0.15, 0.2) is 0 Å². The average Bonchev–Trinajstić information content (AvgIpc) is 2.74. The Labute approximate surface area is 185 Å². The molecule has 0 aliphatic heterocycles. The van der Waals surface area contributed by atoms with E-state index in [1.807, 2.05) is 49.4 Å². The van der Waals surface area contributed by atoms with Gasteiger partial charge in [-0.1, -0.05) is 53.7 Å². The number of hydrogen-bond acceptors (Lipinski definition) is 5. The molecule has 0 radical (unpaired) electrons. The topological polar surface area (TPSA) is 101 Å². The molecule has 2 N–H and O–H groups in total. The number of hydroxylamine groups is 1. The molecule has 0 saturated carbocycles. The Balaban J connectivity index is 1.61. The van der Waals surface area contributed by atoms with Crippen LogP contribution in [0.2, 0.25) is 0 Å². The zero-order chi connectivity index (χ0) is 22.5. The maximum atomic E-state index is 12.0. The van der Waals surface area contributed by atoms with Crippen LogP contribution in [0.1, 0.15) is 43.7 Å². The summed E-state index contributed by atoms with van der Waals surface area (Å²) in [5, 5.41) is 5.72. The molecule has 0 bridgehead atoms. The highest BCUT2D eigenvalue weighted by Gasteiger charge is 2.17. The maximum absolute atomic E-state index is 12.0. The summed E-state index contributed by atoms with van der Waals surface area (Å²) >= 11 is 0. The highest BCUT2D eigenvalue weighted by Crippen LogP contribution is 2.10. The number of urea groups is 1. The first-order chi connectivity index (χ1) is 14.8. The van der Waals surface area contributed by atoms with Gasteiger partial charge in [0.25, 0.3) is 0 Å². The Morgan fingerprint density at radius 1 is 1.10 bits per heavy atom. The summed E-state index contributed by atoms with van der Waals surface area (Å²) in [6.07, 6.45) is 7.76. The standard InChI is InChI=1S/C22H32N4O4S/c1-19(25-22(27)24-17-21-13-9-14-23-16-21)10-5-4-8-15-26(31(2,28)29)30-18-20-11-6-3-7-12-20/h3,6-7,9,11-14,16,19H,4-5,8,10,15,17-18H2,1-2H3,(H2,24,25,27). The minimum atomic E-state index is -3.44. The summed E-state index contributed by atoms with van der Waals surface area (Å²) in [7, 11) is -3.44. The van der Waals surface area contributed by atoms with Gasteiger partial charge in [-0.3, -0.25) is 9.82 Å². The summed E-state index contributed by atoms with van der Waals surface area (Å²) in [5.74, 6) is 0. The third kappa shape index (κ3) is 10.4. The Kier molecular flexibility index (Phi) is 10.4. The molecule has 2 rings (SSSR count). The van der Waals surface area contributed by atoms with E-state index in [0.717, 1.165) is 41.1 Å². The van der Waals surface area contributed by atoms with Crippen molar-refractivity contribution in [1.29, 1.82) is 0 Å². The van der Waals surface area contributed by atoms with Gasteiger partial charge in [-0.05, 0) is 37.0 Å². The van der Waals surface area contributed by atoms with Crippen molar-refractivity contribution in [2.45, 2.75) is 51.8 Å². The summed E-state index contributed by atoms with van der Waals surface area (Å²) in [5.41, 5.74) is 1.85. The second-order valence-corrected chi connectivity index (χ2v) is 9.36. The largest absolute Gasteiger partial charge is 0.336 e. The van der Waals surface area contributed by atoms with Gasteiger partial charge in [0, 0.05) is 31.5 Å². The van der Waals surface area contributed by atoms with Crippen LogP contribution in [0.15, 0.2) is 54.9 Å². The van der Waals surface area contributed by atoms with E-state index >= 15 is 0 Å². The molecule has 1 aromatic heterocycles. The number of carbonyl (C=O) groups excluding carboxylic acids is 1. The van der Waals surface area contributed by atoms with Crippen LogP contribution >= 0.6 is 0 Å². The van der Waals surface area contributed by atoms with E-state index in [2.05, 4.69) is 15.6 Å². The molecule has 170 valence electrons. The quantitative estimate of drug-likeness (QED) is 0.362. The zero-order valence-electron chi connectivity index (χ0n) is 18.2. The van der Waals surface area contributed by atoms with Crippen LogP contribution in [0.4, 0.5) is 4.79 Å². The predicted octanol–water partition coefficient (Wildman–Crippen LogP) is 3.22. The fourth-order valence-corrected chi connectivity index (χ4v) is 3.65. The van der Waals surface area contributed by atoms with E-state index < -0.39 is 10.0 Å². The van der Waals surface area contributed by atoms with Crippen LogP contribution < -0.4 is 10.6 Å². The average molecular weight is 449 g/mol. The first kappa shape index (κ1) is 24.8. The van der Waals surface area contributed by atoms with E-state index in [1.165, 1.54) is 0 Å². The van der Waals surface area contributed by atoms with Gasteiger partial charge in [-0.15, -0.1) is 0 Å². The number of amides is 2. The molecule has 2 amide bonds. The molecule has 8 nitrogen and oxygen atoms in total. The van der Waals surface area contributed by atoms with Crippen LogP contribution in [-0.2, 0) is 28.0 Å². The van der Waals surface area contributed by atoms with E-state index in [9.17, 15) is 13.2 Å². The number of sulfonamides is 1. The van der Waals surface area contributed by atoms with E-state index in [4.69, 9.17) is 4.84 Å². The fraction of sp³-hybridized carbons (Fsp3) is 0.455. The van der Waals surface area contributed by atoms with Crippen molar-refractivity contribution in [3.8, 4) is 0 Å². The van der Waals surface area contributed by atoms with Crippen LogP contribution in [0.5, 0.6) is 0 Å². The van der Waals surface area contributed by atoms with Crippen molar-refractivity contribution >= 4 is 16.1 Å². The molecule has 0 spiro atoms. The maximum Gasteiger partial charge on any atom is 0.315 e. The summed E-state index contributed by atoms with van der Waals surface area (Å²) in [6.45, 7) is 2.90. The van der Waals surface area contributed by atoms with Crippen molar-refractivity contribution in [3.05, 3.63) is 66.0 Å². The van der Waals surface area contributed by atoms with Crippen molar-refractivity contribution in [3.63, 3.8) is 0 Å². The molecule has 0 fully saturated rings. The van der Waals surface area contributed by atoms with E-state index in [0.29, 0.717) is 19.5 Å². The molecular weight excluding hydrogens is 416 g/mol. The lowest BCUT2D eigenvalue weighted by molar-refractivity contribution is -0.0962. The normalized spacial score (nSPS) is 12.5. The number of unbranched alkanes of at least 4 members (excludes halogenated alkanes) is 2. The van der Waals surface area contributed by atoms with Crippen LogP contribution in [0.3, 0.4) is 0 Å². The van der Waals surface area contributed by atoms with E-state index in [-0.39, 0.29) is 18.7 Å². The lowest BCUT2D eigenvalue weighted by Gasteiger charge is -2.19. The smallest absolute Gasteiger partial charge is 0.315 e. The number of rotatable bonds is 13. The Morgan fingerprint density at radius 2 is 1.84 bits per heavy atom. The minimum Gasteiger partial charge on any atom is -0.336 e. The van der Waals surface area contributed by atoms with Gasteiger partial charge in [-0.2, -0.15) is 0 Å². The van der Waals surface area contributed by atoms with Gasteiger partial charge in [0.1, 0.15) is 0 Å². The molecule has 1 aromatic carbocycles. The number of nitrogens with one attached hydrogen (secondary N) is 2. The highest BCUT2D eigenvalue weighted by atomic mass is 32.2. The van der Waals surface area contributed by atoms with Gasteiger partial charge in [0.2, 0.25) is 10.0 Å². The second kappa shape index (κ2) is 13.0. The molecule has 9 heteroatoms. The van der Waals surface area contributed by atoms with Gasteiger partial charge >= 0.3 is 6.03 Å². The number of hydrogen-bond donors (Lipinski definition) is 2. The summed E-state index contributed by atoms with van der Waals surface area (Å²) in [6, 6.07) is 13.0. The molecule has 1 atom stereocenters. The Hall–Kier alpha value is -2.49. The molecular formula is C22H32N4O4S. The lowest BCUT2D eigenvalue weighted by Crippen LogP contribution is -2.40. The summed E-state index contributed by atoms with van der Waals surface area (Å²) < 4.78 is 25.0. The SMILES string of the molecule is CC(CCCCCN(OCc1ccccc1)S(C)(=O)=O)NC(=O)NCc1cccnc1. The molecule has 0 aliphatic carbocycles. The first-order valence-corrected chi connectivity index (χ1v) is 12.3. The third-order valence-electron chi connectivity index (χ3n) is 4.62. The number of pyridine rings is 1. The predicted molar refractivity (Wildman–Crippen MR) is 120 cm³/mol. The third-order valence-corrected chi connectivity index (χ3v) is 5.65. The zero-order valence-corrected chi connectivity index (χ0v) is 19.0. The van der Waals surface area contributed by atoms with Crippen LogP contribution in [0, 0.1) is 0 Å². The monoisotopic (exact) mass is 448 g/mol. The molecule has 2 aromatic rings.